The van der Waals surface area contributed by atoms with Gasteiger partial charge in [-0.3, -0.25) is 24.0 Å². The number of hydrogen-bond donors (Lipinski definition) is 4. The Morgan fingerprint density at radius 1 is 0.938 bits per heavy atom. The second-order valence-corrected chi connectivity index (χ2v) is 12.6. The lowest BCUT2D eigenvalue weighted by Crippen LogP contribution is -2.49. The molecule has 1 rings (SSSR count). The number of nitrogens with zero attached hydrogens (tertiary/aromatic N) is 1. The number of carbonyl (C=O) groups is 7. The normalized spacial score (nSPS) is 13.1. The highest BCUT2D eigenvalue weighted by atomic mass is 16.6. The summed E-state index contributed by atoms with van der Waals surface area (Å²) in [6.07, 6.45) is 0.740. The number of nitrogens with one attached hydrogen (secondary N) is 4. The monoisotopic (exact) mass is 677 g/mol. The van der Waals surface area contributed by atoms with Crippen LogP contribution in [0.2, 0.25) is 0 Å². The summed E-state index contributed by atoms with van der Waals surface area (Å²) in [5.41, 5.74) is 0.0558. The number of ether oxygens (including phenoxy) is 2. The van der Waals surface area contributed by atoms with E-state index in [-0.39, 0.29) is 50.6 Å². The van der Waals surface area contributed by atoms with Gasteiger partial charge in [0.05, 0.1) is 19.1 Å². The molecule has 0 fully saturated rings. The van der Waals surface area contributed by atoms with E-state index in [1.54, 1.807) is 46.8 Å². The second kappa shape index (κ2) is 21.4. The quantitative estimate of drug-likeness (QED) is 0.150. The molecule has 0 radical (unpaired) electrons. The SMILES string of the molecule is [3H]CC(=O)N(CC(=O)NC)C[C@H](CCCCCC(=O)[C@H](C)NC(=O)[C@H](C)CC(=O)CNC(=O)OCc1ccccc1)NC(=O)OC(C)(C)C. The number of benzene rings is 1. The molecule has 1 aromatic carbocycles. The fraction of sp³-hybridized carbons (Fsp3) is 0.618. The number of rotatable bonds is 20. The summed E-state index contributed by atoms with van der Waals surface area (Å²) < 4.78 is 17.9. The van der Waals surface area contributed by atoms with Crippen LogP contribution in [0.1, 0.15) is 87.0 Å². The van der Waals surface area contributed by atoms with Crippen LogP contribution in [0.5, 0.6) is 0 Å². The molecule has 14 nitrogen and oxygen atoms in total. The van der Waals surface area contributed by atoms with E-state index in [9.17, 15) is 33.6 Å². The van der Waals surface area contributed by atoms with E-state index >= 15 is 0 Å². The van der Waals surface area contributed by atoms with Crippen LogP contribution in [0.4, 0.5) is 9.59 Å². The fourth-order valence-corrected chi connectivity index (χ4v) is 4.43. The first-order chi connectivity index (χ1) is 23.0. The molecular weight excluding hydrogens is 622 g/mol. The van der Waals surface area contributed by atoms with E-state index in [2.05, 4.69) is 21.3 Å². The Morgan fingerprint density at radius 3 is 2.25 bits per heavy atom. The molecule has 0 aliphatic heterocycles. The van der Waals surface area contributed by atoms with E-state index in [0.29, 0.717) is 25.7 Å². The van der Waals surface area contributed by atoms with Crippen molar-refractivity contribution in [3.63, 3.8) is 0 Å². The highest BCUT2D eigenvalue weighted by Gasteiger charge is 2.24. The van der Waals surface area contributed by atoms with Gasteiger partial charge in [-0.1, -0.05) is 50.1 Å². The molecule has 48 heavy (non-hydrogen) atoms. The number of unbranched alkanes of at least 4 members (excludes halogenated alkanes) is 2. The Bertz CT molecular complexity index is 1260. The van der Waals surface area contributed by atoms with Gasteiger partial charge in [0, 0.05) is 46.7 Å². The van der Waals surface area contributed by atoms with Crippen LogP contribution in [-0.2, 0) is 40.1 Å². The summed E-state index contributed by atoms with van der Waals surface area (Å²) in [4.78, 5) is 87.5. The summed E-state index contributed by atoms with van der Waals surface area (Å²) in [7, 11) is 1.44. The number of carbonyl (C=O) groups excluding carboxylic acids is 7. The lowest BCUT2D eigenvalue weighted by Gasteiger charge is -2.28. The molecule has 0 unspecified atom stereocenters. The van der Waals surface area contributed by atoms with Gasteiger partial charge in [0.2, 0.25) is 17.7 Å². The van der Waals surface area contributed by atoms with Gasteiger partial charge in [0.1, 0.15) is 12.2 Å². The van der Waals surface area contributed by atoms with Crippen LogP contribution in [-0.4, -0.2) is 90.7 Å². The average Bonchev–Trinajstić information content (AvgIpc) is 3.04. The second-order valence-electron chi connectivity index (χ2n) is 12.6. The Balaban J connectivity index is 2.50. The zero-order valence-corrected chi connectivity index (χ0v) is 29.0. The van der Waals surface area contributed by atoms with Crippen molar-refractivity contribution in [2.45, 2.75) is 104 Å². The molecule has 3 atom stereocenters. The van der Waals surface area contributed by atoms with Gasteiger partial charge in [-0.25, -0.2) is 9.59 Å². The van der Waals surface area contributed by atoms with Gasteiger partial charge < -0.3 is 35.6 Å². The van der Waals surface area contributed by atoms with Crippen molar-refractivity contribution in [2.24, 2.45) is 5.92 Å². The zero-order chi connectivity index (χ0) is 37.0. The third-order valence-corrected chi connectivity index (χ3v) is 7.07. The number of Topliss-reactive ketones (excluding diaryl/α,β-unsaturated/α-hetero) is 2. The van der Waals surface area contributed by atoms with Crippen molar-refractivity contribution in [2.75, 3.05) is 26.7 Å². The number of hydrogen-bond acceptors (Lipinski definition) is 9. The van der Waals surface area contributed by atoms with Gasteiger partial charge in [-0.05, 0) is 46.1 Å². The van der Waals surface area contributed by atoms with E-state index in [1.165, 1.54) is 11.9 Å². The summed E-state index contributed by atoms with van der Waals surface area (Å²) in [6, 6.07) is 7.74. The van der Waals surface area contributed by atoms with Crippen molar-refractivity contribution in [3.05, 3.63) is 35.9 Å². The Labute approximate surface area is 284 Å². The van der Waals surface area contributed by atoms with Crippen LogP contribution in [0, 0.1) is 5.92 Å². The number of amides is 5. The molecule has 0 aliphatic rings. The highest BCUT2D eigenvalue weighted by molar-refractivity contribution is 5.92. The first-order valence-electron chi connectivity index (χ1n) is 16.8. The van der Waals surface area contributed by atoms with Gasteiger partial charge in [0.25, 0.3) is 0 Å². The molecule has 0 saturated heterocycles. The molecule has 0 bridgehead atoms. The van der Waals surface area contributed by atoms with Crippen LogP contribution in [0.15, 0.2) is 30.3 Å². The summed E-state index contributed by atoms with van der Waals surface area (Å²) >= 11 is 0. The zero-order valence-electron chi connectivity index (χ0n) is 30.0. The number of likely N-dealkylation sites (N-methyl/N-ethyl adjacent to an activating group) is 1. The minimum absolute atomic E-state index is 0.00145. The third-order valence-electron chi connectivity index (χ3n) is 7.07. The first-order valence-corrected chi connectivity index (χ1v) is 16.1. The van der Waals surface area contributed by atoms with Gasteiger partial charge in [0.15, 0.2) is 11.6 Å². The van der Waals surface area contributed by atoms with Crippen LogP contribution in [0.3, 0.4) is 0 Å². The lowest BCUT2D eigenvalue weighted by molar-refractivity contribution is -0.134. The molecule has 0 aliphatic carbocycles. The van der Waals surface area contributed by atoms with Crippen molar-refractivity contribution in [3.8, 4) is 0 Å². The Kier molecular flexibility index (Phi) is 17.7. The smallest absolute Gasteiger partial charge is 0.407 e. The molecule has 5 amide bonds. The molecule has 0 aromatic heterocycles. The van der Waals surface area contributed by atoms with E-state index < -0.39 is 60.4 Å². The molecule has 0 spiro atoms. The van der Waals surface area contributed by atoms with E-state index in [1.807, 2.05) is 18.2 Å². The summed E-state index contributed by atoms with van der Waals surface area (Å²) in [6.45, 7) is 7.26. The maximum Gasteiger partial charge on any atom is 0.407 e. The lowest BCUT2D eigenvalue weighted by atomic mass is 10.0. The number of alkyl carbamates (subject to hydrolysis) is 2. The molecule has 0 heterocycles. The summed E-state index contributed by atoms with van der Waals surface area (Å²) in [5.74, 6) is -2.69. The molecular formula is C34H53N5O9. The van der Waals surface area contributed by atoms with Crippen LogP contribution >= 0.6 is 0 Å². The fourth-order valence-electron chi connectivity index (χ4n) is 4.43. The van der Waals surface area contributed by atoms with Crippen molar-refractivity contribution in [1.29, 1.82) is 0 Å². The average molecular weight is 678 g/mol. The third kappa shape index (κ3) is 18.6. The number of ketones is 2. The van der Waals surface area contributed by atoms with Crippen LogP contribution in [0.25, 0.3) is 0 Å². The standard InChI is InChI=1S/C34H53N5O9/c1-23(18-28(41)19-36-32(45)47-22-26-14-10-8-11-15-26)31(44)37-24(2)29(42)17-13-9-12-16-27(38-33(46)48-34(4,5)6)20-39(25(3)40)21-30(43)35-7/h8,10-11,14-15,23-24,27H,9,12-13,16-22H2,1-7H3,(H,35,43)(H,36,45)(H,37,44)(H,38,46)/t23-,24+,27+/m1/s1/i3T. The Hall–Kier alpha value is -4.49. The van der Waals surface area contributed by atoms with Gasteiger partial charge >= 0.3 is 12.2 Å². The molecule has 14 heteroatoms. The first kappa shape index (κ1) is 39.7. The predicted molar refractivity (Wildman–Crippen MR) is 179 cm³/mol. The van der Waals surface area contributed by atoms with Crippen molar-refractivity contribution in [1.82, 2.24) is 26.2 Å². The molecule has 268 valence electrons. The maximum absolute atomic E-state index is 12.7. The predicted octanol–water partition coefficient (Wildman–Crippen LogP) is 3.02. The summed E-state index contributed by atoms with van der Waals surface area (Å²) in [5, 5.41) is 10.2. The minimum Gasteiger partial charge on any atom is -0.445 e. The molecule has 4 N–H and O–H groups in total. The van der Waals surface area contributed by atoms with E-state index in [4.69, 9.17) is 10.8 Å². The largest absolute Gasteiger partial charge is 0.445 e. The maximum atomic E-state index is 12.7. The van der Waals surface area contributed by atoms with E-state index in [0.717, 1.165) is 5.56 Å². The Morgan fingerprint density at radius 2 is 1.62 bits per heavy atom. The van der Waals surface area contributed by atoms with Crippen molar-refractivity contribution < 1.29 is 44.4 Å². The van der Waals surface area contributed by atoms with Gasteiger partial charge in [-0.15, -0.1) is 0 Å². The van der Waals surface area contributed by atoms with Gasteiger partial charge in [-0.2, -0.15) is 0 Å². The topological polar surface area (TPSA) is 189 Å². The molecule has 0 saturated carbocycles. The minimum atomic E-state index is -0.771. The van der Waals surface area contributed by atoms with Crippen LogP contribution < -0.4 is 21.3 Å². The highest BCUT2D eigenvalue weighted by Crippen LogP contribution is 2.12. The molecule has 1 aromatic rings. The van der Waals surface area contributed by atoms with Crippen molar-refractivity contribution >= 4 is 41.5 Å².